The van der Waals surface area contributed by atoms with Crippen molar-refractivity contribution in [3.8, 4) is 0 Å². The van der Waals surface area contributed by atoms with E-state index >= 15 is 0 Å². The van der Waals surface area contributed by atoms with Gasteiger partial charge in [0.2, 0.25) is 0 Å². The lowest BCUT2D eigenvalue weighted by Crippen LogP contribution is -2.17. The molecule has 0 bridgehead atoms. The maximum Gasteiger partial charge on any atom is 0.256 e. The second-order valence-electron chi connectivity index (χ2n) is 6.28. The minimum atomic E-state index is -0.418. The Kier molecular flexibility index (Phi) is 5.31. The van der Waals surface area contributed by atoms with Crippen LogP contribution >= 0.6 is 0 Å². The van der Waals surface area contributed by atoms with E-state index in [0.29, 0.717) is 11.3 Å². The quantitative estimate of drug-likeness (QED) is 0.686. The van der Waals surface area contributed by atoms with E-state index in [0.717, 1.165) is 5.69 Å². The zero-order valence-electron chi connectivity index (χ0n) is 15.1. The van der Waals surface area contributed by atoms with Crippen LogP contribution in [0.25, 0.3) is 0 Å². The van der Waals surface area contributed by atoms with Crippen LogP contribution in [0.5, 0.6) is 0 Å². The standard InChI is InChI=1S/C22H19FN2O2/c1-25(2)18-13-11-17(12-14-18)24-22(27)20-6-4-3-5-19(20)21(26)15-7-9-16(23)10-8-15/h3-14H,1-2H3,(H,24,27). The summed E-state index contributed by atoms with van der Waals surface area (Å²) in [6.45, 7) is 0. The van der Waals surface area contributed by atoms with E-state index in [4.69, 9.17) is 0 Å². The molecule has 27 heavy (non-hydrogen) atoms. The number of anilines is 2. The molecular formula is C22H19FN2O2. The highest BCUT2D eigenvalue weighted by molar-refractivity contribution is 6.17. The van der Waals surface area contributed by atoms with Crippen molar-refractivity contribution >= 4 is 23.1 Å². The molecule has 1 amide bonds. The molecule has 0 aliphatic rings. The third-order valence-electron chi connectivity index (χ3n) is 4.16. The summed E-state index contributed by atoms with van der Waals surface area (Å²) in [4.78, 5) is 27.4. The first-order chi connectivity index (χ1) is 13.0. The number of nitrogens with one attached hydrogen (secondary N) is 1. The van der Waals surface area contributed by atoms with Crippen molar-refractivity contribution in [3.05, 3.63) is 95.3 Å². The Balaban J connectivity index is 1.85. The van der Waals surface area contributed by atoms with E-state index in [1.807, 2.05) is 31.1 Å². The Hall–Kier alpha value is -3.47. The topological polar surface area (TPSA) is 49.4 Å². The Morgan fingerprint density at radius 1 is 0.815 bits per heavy atom. The summed E-state index contributed by atoms with van der Waals surface area (Å²) in [7, 11) is 3.87. The summed E-state index contributed by atoms with van der Waals surface area (Å²) in [5.41, 5.74) is 2.51. The van der Waals surface area contributed by atoms with E-state index in [9.17, 15) is 14.0 Å². The van der Waals surface area contributed by atoms with Crippen LogP contribution in [0.15, 0.2) is 72.8 Å². The van der Waals surface area contributed by atoms with Crippen LogP contribution in [0.2, 0.25) is 0 Å². The Morgan fingerprint density at radius 2 is 1.41 bits per heavy atom. The van der Waals surface area contributed by atoms with Gasteiger partial charge in [0.15, 0.2) is 5.78 Å². The third-order valence-corrected chi connectivity index (χ3v) is 4.16. The Labute approximate surface area is 157 Å². The minimum Gasteiger partial charge on any atom is -0.378 e. The van der Waals surface area contributed by atoms with Gasteiger partial charge in [0.25, 0.3) is 5.91 Å². The third kappa shape index (κ3) is 4.20. The largest absolute Gasteiger partial charge is 0.378 e. The molecule has 0 aliphatic heterocycles. The monoisotopic (exact) mass is 362 g/mol. The molecule has 3 aromatic rings. The van der Waals surface area contributed by atoms with Crippen molar-refractivity contribution in [1.29, 1.82) is 0 Å². The molecule has 0 spiro atoms. The van der Waals surface area contributed by atoms with Gasteiger partial charge in [-0.05, 0) is 54.6 Å². The molecule has 0 radical (unpaired) electrons. The van der Waals surface area contributed by atoms with E-state index in [2.05, 4.69) is 5.32 Å². The molecule has 0 atom stereocenters. The van der Waals surface area contributed by atoms with Crippen molar-refractivity contribution in [2.75, 3.05) is 24.3 Å². The van der Waals surface area contributed by atoms with Gasteiger partial charge in [-0.3, -0.25) is 9.59 Å². The second kappa shape index (κ2) is 7.83. The van der Waals surface area contributed by atoms with Crippen LogP contribution in [0.4, 0.5) is 15.8 Å². The molecule has 0 aromatic heterocycles. The fourth-order valence-electron chi connectivity index (χ4n) is 2.68. The fraction of sp³-hybridized carbons (Fsp3) is 0.0909. The predicted octanol–water partition coefficient (Wildman–Crippen LogP) is 4.38. The number of hydrogen-bond donors (Lipinski definition) is 1. The SMILES string of the molecule is CN(C)c1ccc(NC(=O)c2ccccc2C(=O)c2ccc(F)cc2)cc1. The lowest BCUT2D eigenvalue weighted by Gasteiger charge is -2.13. The summed E-state index contributed by atoms with van der Waals surface area (Å²) in [5.74, 6) is -1.12. The first kappa shape index (κ1) is 18.3. The van der Waals surface area contributed by atoms with Crippen molar-refractivity contribution in [2.24, 2.45) is 0 Å². The normalized spacial score (nSPS) is 10.3. The number of amides is 1. The van der Waals surface area contributed by atoms with Crippen LogP contribution < -0.4 is 10.2 Å². The zero-order valence-corrected chi connectivity index (χ0v) is 15.1. The highest BCUT2D eigenvalue weighted by Crippen LogP contribution is 2.19. The smallest absolute Gasteiger partial charge is 0.256 e. The van der Waals surface area contributed by atoms with Gasteiger partial charge in [-0.2, -0.15) is 0 Å². The van der Waals surface area contributed by atoms with Gasteiger partial charge in [0, 0.05) is 36.6 Å². The molecule has 0 unspecified atom stereocenters. The van der Waals surface area contributed by atoms with Crippen LogP contribution in [-0.4, -0.2) is 25.8 Å². The summed E-state index contributed by atoms with van der Waals surface area (Å²) >= 11 is 0. The van der Waals surface area contributed by atoms with Crippen LogP contribution in [0, 0.1) is 5.82 Å². The van der Waals surface area contributed by atoms with Crippen molar-refractivity contribution in [3.63, 3.8) is 0 Å². The molecule has 3 aromatic carbocycles. The van der Waals surface area contributed by atoms with E-state index in [-0.39, 0.29) is 22.8 Å². The molecule has 136 valence electrons. The molecule has 0 saturated carbocycles. The number of hydrogen-bond acceptors (Lipinski definition) is 3. The molecule has 0 heterocycles. The Bertz CT molecular complexity index is 964. The average Bonchev–Trinajstić information content (AvgIpc) is 2.68. The number of benzene rings is 3. The number of rotatable bonds is 5. The predicted molar refractivity (Wildman–Crippen MR) is 105 cm³/mol. The number of nitrogens with zero attached hydrogens (tertiary/aromatic N) is 1. The molecule has 1 N–H and O–H groups in total. The van der Waals surface area contributed by atoms with E-state index in [1.165, 1.54) is 24.3 Å². The molecule has 5 heteroatoms. The molecule has 4 nitrogen and oxygen atoms in total. The van der Waals surface area contributed by atoms with Crippen molar-refractivity contribution in [1.82, 2.24) is 0 Å². The maximum absolute atomic E-state index is 13.1. The minimum absolute atomic E-state index is 0.267. The van der Waals surface area contributed by atoms with Crippen LogP contribution in [0.1, 0.15) is 26.3 Å². The number of ketones is 1. The van der Waals surface area contributed by atoms with Crippen molar-refractivity contribution in [2.45, 2.75) is 0 Å². The molecule has 3 rings (SSSR count). The van der Waals surface area contributed by atoms with Gasteiger partial charge in [-0.15, -0.1) is 0 Å². The maximum atomic E-state index is 13.1. The average molecular weight is 362 g/mol. The zero-order chi connectivity index (χ0) is 19.4. The van der Waals surface area contributed by atoms with Crippen LogP contribution in [0.3, 0.4) is 0 Å². The molecule has 0 aliphatic carbocycles. The number of carbonyl (C=O) groups excluding carboxylic acids is 2. The van der Waals surface area contributed by atoms with Gasteiger partial charge in [0.05, 0.1) is 5.56 Å². The first-order valence-corrected chi connectivity index (χ1v) is 8.44. The highest BCUT2D eigenvalue weighted by Gasteiger charge is 2.18. The number of carbonyl (C=O) groups is 2. The van der Waals surface area contributed by atoms with Gasteiger partial charge >= 0.3 is 0 Å². The van der Waals surface area contributed by atoms with Gasteiger partial charge in [0.1, 0.15) is 5.82 Å². The summed E-state index contributed by atoms with van der Waals surface area (Å²) in [5, 5.41) is 2.81. The summed E-state index contributed by atoms with van der Waals surface area (Å²) in [6, 6.07) is 19.2. The van der Waals surface area contributed by atoms with Crippen molar-refractivity contribution < 1.29 is 14.0 Å². The lowest BCUT2D eigenvalue weighted by atomic mass is 9.98. The first-order valence-electron chi connectivity index (χ1n) is 8.44. The highest BCUT2D eigenvalue weighted by atomic mass is 19.1. The fourth-order valence-corrected chi connectivity index (χ4v) is 2.68. The van der Waals surface area contributed by atoms with Gasteiger partial charge in [-0.1, -0.05) is 18.2 Å². The summed E-state index contributed by atoms with van der Waals surface area (Å²) in [6.07, 6.45) is 0. The van der Waals surface area contributed by atoms with E-state index in [1.54, 1.807) is 36.4 Å². The summed E-state index contributed by atoms with van der Waals surface area (Å²) < 4.78 is 13.1. The van der Waals surface area contributed by atoms with Gasteiger partial charge in [-0.25, -0.2) is 4.39 Å². The number of halogens is 1. The van der Waals surface area contributed by atoms with Gasteiger partial charge < -0.3 is 10.2 Å². The van der Waals surface area contributed by atoms with E-state index < -0.39 is 5.82 Å². The van der Waals surface area contributed by atoms with Crippen LogP contribution in [-0.2, 0) is 0 Å². The second-order valence-corrected chi connectivity index (χ2v) is 6.28. The molecular weight excluding hydrogens is 343 g/mol. The lowest BCUT2D eigenvalue weighted by molar-refractivity contribution is 0.0996. The molecule has 0 saturated heterocycles. The Morgan fingerprint density at radius 3 is 2.00 bits per heavy atom. The molecule has 0 fully saturated rings.